The minimum atomic E-state index is -0.636. The van der Waals surface area contributed by atoms with Gasteiger partial charge in [-0.15, -0.1) is 10.2 Å². The van der Waals surface area contributed by atoms with Crippen LogP contribution >= 0.6 is 0 Å². The highest BCUT2D eigenvalue weighted by atomic mass is 19.1. The number of aromatic amines is 1. The molecular weight excluding hydrogens is 1400 g/mol. The number of hydrogen-bond donors (Lipinski definition) is 8. The van der Waals surface area contributed by atoms with Crippen LogP contribution in [0, 0.1) is 37.2 Å². The van der Waals surface area contributed by atoms with E-state index in [0.29, 0.717) is 115 Å². The van der Waals surface area contributed by atoms with E-state index in [-0.39, 0.29) is 91.6 Å². The smallest absolute Gasteiger partial charge is 0.231 e. The summed E-state index contributed by atoms with van der Waals surface area (Å²) in [6.45, 7) is 11.2. The Morgan fingerprint density at radius 2 is 1.03 bits per heavy atom. The molecule has 0 spiro atoms. The number of aromatic nitrogens is 13. The minimum Gasteiger partial charge on any atom is -0.427 e. The Labute approximate surface area is 631 Å². The average molecular weight is 1500 g/mol. The van der Waals surface area contributed by atoms with Crippen LogP contribution in [0.3, 0.4) is 0 Å². The number of nitrogens with zero attached hydrogens (tertiary/aromatic N) is 18. The predicted octanol–water partition coefficient (Wildman–Crippen LogP) is 6.74. The monoisotopic (exact) mass is 1500 g/mol. The first kappa shape index (κ1) is 77.8. The second-order valence-electron chi connectivity index (χ2n) is 29.3. The van der Waals surface area contributed by atoms with Gasteiger partial charge in [0.2, 0.25) is 47.5 Å². The van der Waals surface area contributed by atoms with E-state index in [1.54, 1.807) is 17.1 Å². The summed E-state index contributed by atoms with van der Waals surface area (Å²) in [5, 5.41) is 43.3. The number of β-amino-alcohol motifs (C(OH)–C–C–N with tert-alkyl or cyclic N) is 1. The van der Waals surface area contributed by atoms with Crippen molar-refractivity contribution in [2.75, 3.05) is 109 Å². The molecule has 0 radical (unpaired) electrons. The van der Waals surface area contributed by atoms with Crippen LogP contribution in [0.1, 0.15) is 117 Å². The van der Waals surface area contributed by atoms with Crippen molar-refractivity contribution < 1.29 is 37.1 Å². The molecule has 0 bridgehead atoms. The Morgan fingerprint density at radius 1 is 0.587 bits per heavy atom. The van der Waals surface area contributed by atoms with Crippen molar-refractivity contribution in [3.8, 4) is 5.69 Å². The van der Waals surface area contributed by atoms with Crippen LogP contribution in [-0.2, 0) is 44.8 Å². The maximum absolute atomic E-state index is 15.8. The van der Waals surface area contributed by atoms with Crippen LogP contribution in [0.15, 0.2) is 127 Å². The summed E-state index contributed by atoms with van der Waals surface area (Å²) in [6, 6.07) is 27.3. The standard InChI is InChI=1S/C25H32FN9O.2C25H31FN8O2.CH4/c1-17-2-4-18(5-3-17)13-35(19-6-7-19)24-22(26)23(29-16-30-24)28-15-25(20-12-31-33-32-20)8-10-34(11-9-25)14-21(27)36;1-17-2-4-18(5-3-17)12-34(19-6-7-19)23-21(26)22(29-15-30-23)28-14-25(24-32-31-16-36-24)8-10-33(11-9-25)13-20(27)35;26-23-24(28-12-18-8-11-32(14-21(18)35)15-22(27)36)29-16-30-25(23)33(19-6-7-19)13-17-2-4-20(5-3-17)34-10-1-9-31-34;/h2-5,12,16,19H,6-11,13-15H2,1H3,(H2,27,36)(H,28,29,30)(H,31,32,33);2-5,15-16,19H,6-14H2,1H3,(H2,27,35)(H,28,29,30);1-5,9-10,16,18-19,21,35H,6-8,11-15H2,(H2,27,36)(H,28,29,30);1H4. The van der Waals surface area contributed by atoms with E-state index in [1.165, 1.54) is 36.5 Å². The quantitative estimate of drug-likeness (QED) is 0.0231. The molecule has 3 aliphatic heterocycles. The average Bonchev–Trinajstić information content (AvgIpc) is 1.79. The highest BCUT2D eigenvalue weighted by Gasteiger charge is 2.43. The zero-order chi connectivity index (χ0) is 75.3. The summed E-state index contributed by atoms with van der Waals surface area (Å²) in [6.07, 6.45) is 19.7. The number of likely N-dealkylation sites (tertiary alicyclic amines) is 3. The molecule has 9 heterocycles. The van der Waals surface area contributed by atoms with Crippen molar-refractivity contribution in [1.29, 1.82) is 0 Å². The number of amides is 3. The topological polar surface area (TPSA) is 381 Å². The summed E-state index contributed by atoms with van der Waals surface area (Å²) in [5.41, 5.74) is 22.5. The largest absolute Gasteiger partial charge is 0.427 e. The van der Waals surface area contributed by atoms with Crippen molar-refractivity contribution in [2.45, 2.75) is 147 Å². The van der Waals surface area contributed by atoms with E-state index in [0.717, 1.165) is 79.4 Å². The molecule has 33 heteroatoms. The van der Waals surface area contributed by atoms with E-state index in [2.05, 4.69) is 132 Å². The van der Waals surface area contributed by atoms with Gasteiger partial charge in [-0.1, -0.05) is 79.2 Å². The molecule has 3 amide bonds. The third-order valence-corrected chi connectivity index (χ3v) is 21.2. The summed E-state index contributed by atoms with van der Waals surface area (Å²) < 4.78 is 54.5. The van der Waals surface area contributed by atoms with Gasteiger partial charge in [-0.05, 0) is 152 Å². The van der Waals surface area contributed by atoms with Crippen LogP contribution in [-0.4, -0.2) is 206 Å². The lowest BCUT2D eigenvalue weighted by atomic mass is 9.75. The molecule has 6 aromatic heterocycles. The molecule has 9 aromatic rings. The molecule has 6 fully saturated rings. The fourth-order valence-electron chi connectivity index (χ4n) is 14.4. The van der Waals surface area contributed by atoms with Gasteiger partial charge in [-0.2, -0.15) is 33.7 Å². The lowest BCUT2D eigenvalue weighted by Gasteiger charge is -2.40. The number of carbonyl (C=O) groups is 3. The van der Waals surface area contributed by atoms with Crippen LogP contribution in [0.2, 0.25) is 0 Å². The number of rotatable bonds is 30. The second kappa shape index (κ2) is 35.5. The Balaban J connectivity index is 0.000000152. The molecular formula is C76H98F3N25O5. The maximum Gasteiger partial charge on any atom is 0.231 e. The van der Waals surface area contributed by atoms with E-state index in [4.69, 9.17) is 21.6 Å². The molecule has 3 aliphatic carbocycles. The number of anilines is 6. The summed E-state index contributed by atoms with van der Waals surface area (Å²) in [5.74, 6) is -0.756. The van der Waals surface area contributed by atoms with Gasteiger partial charge in [0.25, 0.3) is 0 Å². The van der Waals surface area contributed by atoms with Gasteiger partial charge in [0.1, 0.15) is 19.0 Å². The summed E-state index contributed by atoms with van der Waals surface area (Å²) in [7, 11) is 0. The summed E-state index contributed by atoms with van der Waals surface area (Å²) in [4.78, 5) is 71.3. The number of H-pyrrole nitrogens is 1. The molecule has 3 aromatic carbocycles. The first-order chi connectivity index (χ1) is 52.3. The van der Waals surface area contributed by atoms with Crippen molar-refractivity contribution in [2.24, 2.45) is 23.1 Å². The molecule has 6 aliphatic rings. The Bertz CT molecular complexity index is 4220. The zero-order valence-electron chi connectivity index (χ0n) is 60.8. The Kier molecular flexibility index (Phi) is 25.4. The van der Waals surface area contributed by atoms with Crippen LogP contribution < -0.4 is 47.9 Å². The van der Waals surface area contributed by atoms with E-state index in [1.807, 2.05) is 72.9 Å². The van der Waals surface area contributed by atoms with Crippen LogP contribution in [0.5, 0.6) is 0 Å². The first-order valence-electron chi connectivity index (χ1n) is 36.9. The van der Waals surface area contributed by atoms with Crippen LogP contribution in [0.4, 0.5) is 48.1 Å². The lowest BCUT2D eigenvalue weighted by molar-refractivity contribution is -0.120. The zero-order valence-corrected chi connectivity index (χ0v) is 60.8. The van der Waals surface area contributed by atoms with Crippen molar-refractivity contribution >= 4 is 52.6 Å². The van der Waals surface area contributed by atoms with E-state index < -0.39 is 34.9 Å². The summed E-state index contributed by atoms with van der Waals surface area (Å²) >= 11 is 0. The fourth-order valence-corrected chi connectivity index (χ4v) is 14.4. The Morgan fingerprint density at radius 3 is 1.43 bits per heavy atom. The van der Waals surface area contributed by atoms with E-state index in [9.17, 15) is 19.5 Å². The number of piperidine rings is 3. The normalized spacial score (nSPS) is 18.3. The number of halogens is 3. The number of hydrogen-bond acceptors (Lipinski definition) is 25. The predicted molar refractivity (Wildman–Crippen MR) is 405 cm³/mol. The molecule has 2 unspecified atom stereocenters. The number of primary amides is 3. The lowest BCUT2D eigenvalue weighted by Crippen LogP contribution is -2.48. The minimum absolute atomic E-state index is 0. The van der Waals surface area contributed by atoms with E-state index >= 15 is 13.2 Å². The van der Waals surface area contributed by atoms with Crippen molar-refractivity contribution in [3.05, 3.63) is 180 Å². The molecule has 109 heavy (non-hydrogen) atoms. The molecule has 30 nitrogen and oxygen atoms in total. The molecule has 578 valence electrons. The number of aliphatic hydroxyl groups excluding tert-OH is 1. The van der Waals surface area contributed by atoms with Gasteiger partial charge < -0.3 is 57.4 Å². The maximum atomic E-state index is 15.8. The molecule has 15 rings (SSSR count). The molecule has 3 saturated heterocycles. The van der Waals surface area contributed by atoms with Gasteiger partial charge >= 0.3 is 0 Å². The van der Waals surface area contributed by atoms with Gasteiger partial charge in [0, 0.05) is 87.7 Å². The highest BCUT2D eigenvalue weighted by molar-refractivity contribution is 5.76. The molecule has 2 atom stereocenters. The second-order valence-corrected chi connectivity index (χ2v) is 29.3. The number of carbonyl (C=O) groups excluding carboxylic acids is 3. The number of aryl methyl sites for hydroxylation is 2. The number of benzene rings is 3. The highest BCUT2D eigenvalue weighted by Crippen LogP contribution is 2.41. The number of nitrogens with one attached hydrogen (secondary N) is 4. The van der Waals surface area contributed by atoms with Gasteiger partial charge in [-0.3, -0.25) is 29.1 Å². The third kappa shape index (κ3) is 20.1. The van der Waals surface area contributed by atoms with Gasteiger partial charge in [0.15, 0.2) is 34.9 Å². The van der Waals surface area contributed by atoms with Crippen molar-refractivity contribution in [1.82, 2.24) is 80.0 Å². The SMILES string of the molecule is C.Cc1ccc(CN(c2ncnc(NCC3(c4cn[nH]n4)CCN(CC(N)=O)CC3)c2F)C2CC2)cc1.Cc1ccc(CN(c2ncnc(NCC3(c4nnco4)CCN(CC(N)=O)CC3)c2F)C2CC2)cc1.NC(=O)CN1CCC(CNc2ncnc(N(Cc3ccc(-n4cccn4)cc3)C3CC3)c2F)C(O)C1. The number of aliphatic hydroxyl groups is 1. The first-order valence-corrected chi connectivity index (χ1v) is 36.9. The van der Waals surface area contributed by atoms with Gasteiger partial charge in [0.05, 0.1) is 48.7 Å². The van der Waals surface area contributed by atoms with Crippen molar-refractivity contribution in [3.63, 3.8) is 0 Å². The Hall–Kier alpha value is -10.8. The molecule has 3 saturated carbocycles. The van der Waals surface area contributed by atoms with Gasteiger partial charge in [-0.25, -0.2) is 34.6 Å². The van der Waals surface area contributed by atoms with Crippen LogP contribution in [0.25, 0.3) is 5.69 Å². The fraction of sp³-hybridized carbons (Fsp3) is 0.474. The molecule has 11 N–H and O–H groups in total. The number of nitrogens with two attached hydrogens (primary N) is 3. The third-order valence-electron chi connectivity index (χ3n) is 21.2.